The minimum atomic E-state index is -1.04. The average Bonchev–Trinajstić information content (AvgIpc) is 3.04. The van der Waals surface area contributed by atoms with Gasteiger partial charge in [-0.3, -0.25) is 9.20 Å². The van der Waals surface area contributed by atoms with Gasteiger partial charge in [0.2, 0.25) is 5.91 Å². The molecule has 2 aromatic heterocycles. The summed E-state index contributed by atoms with van der Waals surface area (Å²) in [5.41, 5.74) is 6.42. The molecular formula is C20H25BrClN5O2. The van der Waals surface area contributed by atoms with Gasteiger partial charge in [0, 0.05) is 15.7 Å². The zero-order valence-electron chi connectivity index (χ0n) is 15.5. The number of hydrogen-bond acceptors (Lipinski definition) is 5. The van der Waals surface area contributed by atoms with Gasteiger partial charge in [-0.1, -0.05) is 37.2 Å². The molecule has 0 saturated carbocycles. The number of pyridine rings is 1. The molecule has 3 aromatic rings. The van der Waals surface area contributed by atoms with Crippen LogP contribution in [-0.2, 0) is 16.1 Å². The monoisotopic (exact) mass is 481 g/mol. The highest BCUT2D eigenvalue weighted by Crippen LogP contribution is 2.20. The second kappa shape index (κ2) is 9.67. The zero-order valence-corrected chi connectivity index (χ0v) is 17.9. The van der Waals surface area contributed by atoms with Crippen molar-refractivity contribution in [1.29, 1.82) is 0 Å². The predicted octanol–water partition coefficient (Wildman–Crippen LogP) is 3.89. The number of fused-ring (bicyclic) bond motifs is 1. The summed E-state index contributed by atoms with van der Waals surface area (Å²) in [7, 11) is 0. The Morgan fingerprint density at radius 3 is 2.72 bits per heavy atom. The lowest BCUT2D eigenvalue weighted by Gasteiger charge is -2.23. The third-order valence-corrected chi connectivity index (χ3v) is 4.93. The van der Waals surface area contributed by atoms with Crippen LogP contribution in [0.5, 0.6) is 0 Å². The van der Waals surface area contributed by atoms with Crippen molar-refractivity contribution in [2.45, 2.75) is 39.5 Å². The minimum Gasteiger partial charge on any atom is -0.374 e. The summed E-state index contributed by atoms with van der Waals surface area (Å²) >= 11 is 9.63. The van der Waals surface area contributed by atoms with E-state index in [2.05, 4.69) is 31.4 Å². The second-order valence-electron chi connectivity index (χ2n) is 6.99. The summed E-state index contributed by atoms with van der Waals surface area (Å²) in [6.07, 6.45) is 1.84. The van der Waals surface area contributed by atoms with Gasteiger partial charge < -0.3 is 15.8 Å². The molecule has 0 aliphatic rings. The lowest BCUT2D eigenvalue weighted by Crippen LogP contribution is -2.50. The lowest BCUT2D eigenvalue weighted by molar-refractivity contribution is -0.126. The van der Waals surface area contributed by atoms with Crippen LogP contribution in [0.15, 0.2) is 47.1 Å². The van der Waals surface area contributed by atoms with E-state index < -0.39 is 11.6 Å². The standard InChI is InChI=1S/C19H21BrClN5O2.CH4/c1-19(2,22)18(27)23-15(11-28-10-12-5-3-4-6-14(12)21)17-25-24-16-8-7-13(20)9-26(16)17;/h3-9,15H,10-11,22H2,1-2H3,(H,23,27);1H4/t15-;/m1./s1. The maximum atomic E-state index is 12.5. The molecule has 0 aliphatic heterocycles. The summed E-state index contributed by atoms with van der Waals surface area (Å²) in [6, 6.07) is 10.6. The van der Waals surface area contributed by atoms with Crippen molar-refractivity contribution in [2.24, 2.45) is 5.73 Å². The Hall–Kier alpha value is -2.00. The number of benzene rings is 1. The Bertz CT molecular complexity index is 986. The number of carbonyl (C=O) groups is 1. The van der Waals surface area contributed by atoms with Crippen LogP contribution in [0, 0.1) is 0 Å². The third-order valence-electron chi connectivity index (χ3n) is 4.09. The zero-order chi connectivity index (χ0) is 20.3. The van der Waals surface area contributed by atoms with Gasteiger partial charge in [-0.25, -0.2) is 0 Å². The Kier molecular flexibility index (Phi) is 7.76. The Labute approximate surface area is 183 Å². The molecule has 0 aliphatic carbocycles. The molecule has 0 saturated heterocycles. The molecule has 0 bridgehead atoms. The van der Waals surface area contributed by atoms with E-state index in [-0.39, 0.29) is 19.9 Å². The van der Waals surface area contributed by atoms with Crippen LogP contribution in [0.3, 0.4) is 0 Å². The number of nitrogens with zero attached hydrogens (tertiary/aromatic N) is 3. The number of hydrogen-bond donors (Lipinski definition) is 2. The molecule has 2 heterocycles. The minimum absolute atomic E-state index is 0. The third kappa shape index (κ3) is 5.76. The molecule has 3 rings (SSSR count). The van der Waals surface area contributed by atoms with Gasteiger partial charge in [-0.15, -0.1) is 10.2 Å². The smallest absolute Gasteiger partial charge is 0.240 e. The molecule has 7 nitrogen and oxygen atoms in total. The van der Waals surface area contributed by atoms with Gasteiger partial charge >= 0.3 is 0 Å². The van der Waals surface area contributed by atoms with Gasteiger partial charge in [0.1, 0.15) is 6.04 Å². The molecular weight excluding hydrogens is 458 g/mol. The van der Waals surface area contributed by atoms with Crippen molar-refractivity contribution in [3.8, 4) is 0 Å². The number of aromatic nitrogens is 3. The Morgan fingerprint density at radius 2 is 2.03 bits per heavy atom. The first-order valence-electron chi connectivity index (χ1n) is 8.67. The van der Waals surface area contributed by atoms with Crippen molar-refractivity contribution in [3.63, 3.8) is 0 Å². The Balaban J connectivity index is 0.00000300. The first-order valence-corrected chi connectivity index (χ1v) is 9.84. The van der Waals surface area contributed by atoms with Gasteiger partial charge in [-0.05, 0) is 53.5 Å². The normalized spacial score (nSPS) is 12.4. The van der Waals surface area contributed by atoms with E-state index in [4.69, 9.17) is 22.1 Å². The number of carbonyl (C=O) groups excluding carboxylic acids is 1. The highest BCUT2D eigenvalue weighted by atomic mass is 79.9. The van der Waals surface area contributed by atoms with E-state index in [9.17, 15) is 4.79 Å². The fourth-order valence-corrected chi connectivity index (χ4v) is 3.07. The van der Waals surface area contributed by atoms with Crippen LogP contribution >= 0.6 is 27.5 Å². The molecule has 1 aromatic carbocycles. The molecule has 1 amide bonds. The van der Waals surface area contributed by atoms with Crippen molar-refractivity contribution < 1.29 is 9.53 Å². The van der Waals surface area contributed by atoms with Crippen LogP contribution in [0.25, 0.3) is 5.65 Å². The fourth-order valence-electron chi connectivity index (χ4n) is 2.55. The number of nitrogens with two attached hydrogens (primary N) is 1. The molecule has 29 heavy (non-hydrogen) atoms. The number of nitrogens with one attached hydrogen (secondary N) is 1. The Morgan fingerprint density at radius 1 is 1.31 bits per heavy atom. The maximum Gasteiger partial charge on any atom is 0.240 e. The van der Waals surface area contributed by atoms with Crippen molar-refractivity contribution in [3.05, 3.63) is 63.5 Å². The lowest BCUT2D eigenvalue weighted by atomic mass is 10.1. The quantitative estimate of drug-likeness (QED) is 0.533. The summed E-state index contributed by atoms with van der Waals surface area (Å²) in [6.45, 7) is 3.77. The molecule has 0 fully saturated rings. The van der Waals surface area contributed by atoms with E-state index in [1.54, 1.807) is 24.3 Å². The molecule has 0 spiro atoms. The van der Waals surface area contributed by atoms with E-state index >= 15 is 0 Å². The number of halogens is 2. The molecule has 9 heteroatoms. The number of rotatable bonds is 7. The highest BCUT2D eigenvalue weighted by Gasteiger charge is 2.28. The first-order chi connectivity index (χ1) is 13.3. The van der Waals surface area contributed by atoms with Gasteiger partial charge in [0.15, 0.2) is 11.5 Å². The predicted molar refractivity (Wildman–Crippen MR) is 118 cm³/mol. The topological polar surface area (TPSA) is 94.5 Å². The highest BCUT2D eigenvalue weighted by molar-refractivity contribution is 9.10. The first kappa shape index (κ1) is 23.3. The van der Waals surface area contributed by atoms with Crippen LogP contribution < -0.4 is 11.1 Å². The van der Waals surface area contributed by atoms with Crippen molar-refractivity contribution in [1.82, 2.24) is 19.9 Å². The van der Waals surface area contributed by atoms with Gasteiger partial charge in [0.25, 0.3) is 0 Å². The van der Waals surface area contributed by atoms with Gasteiger partial charge in [-0.2, -0.15) is 0 Å². The summed E-state index contributed by atoms with van der Waals surface area (Å²) < 4.78 is 8.51. The van der Waals surface area contributed by atoms with E-state index in [1.165, 1.54) is 0 Å². The average molecular weight is 483 g/mol. The number of amides is 1. The molecule has 0 unspecified atom stereocenters. The van der Waals surface area contributed by atoms with E-state index in [1.807, 2.05) is 36.5 Å². The molecule has 1 atom stereocenters. The SMILES string of the molecule is C.CC(C)(N)C(=O)N[C@H](COCc1ccccc1Cl)c1nnc2ccc(Br)cn12. The summed E-state index contributed by atoms with van der Waals surface area (Å²) in [5.74, 6) is 0.235. The molecule has 3 N–H and O–H groups in total. The maximum absolute atomic E-state index is 12.5. The summed E-state index contributed by atoms with van der Waals surface area (Å²) in [4.78, 5) is 12.5. The molecule has 156 valence electrons. The van der Waals surface area contributed by atoms with Crippen LogP contribution in [0.4, 0.5) is 0 Å². The van der Waals surface area contributed by atoms with E-state index in [0.29, 0.717) is 23.1 Å². The van der Waals surface area contributed by atoms with Gasteiger partial charge in [0.05, 0.1) is 18.8 Å². The van der Waals surface area contributed by atoms with Crippen LogP contribution in [0.2, 0.25) is 5.02 Å². The summed E-state index contributed by atoms with van der Waals surface area (Å²) in [5, 5.41) is 11.9. The van der Waals surface area contributed by atoms with Crippen molar-refractivity contribution in [2.75, 3.05) is 6.61 Å². The van der Waals surface area contributed by atoms with E-state index in [0.717, 1.165) is 10.0 Å². The van der Waals surface area contributed by atoms with Crippen molar-refractivity contribution >= 4 is 39.1 Å². The second-order valence-corrected chi connectivity index (χ2v) is 8.31. The number of ether oxygens (including phenoxy) is 1. The fraction of sp³-hybridized carbons (Fsp3) is 0.350. The largest absolute Gasteiger partial charge is 0.374 e. The van der Waals surface area contributed by atoms with Crippen LogP contribution in [0.1, 0.15) is 38.7 Å². The van der Waals surface area contributed by atoms with Crippen LogP contribution in [-0.4, -0.2) is 32.7 Å². The molecule has 0 radical (unpaired) electrons.